The number of hydrogen-bond donors (Lipinski definition) is 0. The summed E-state index contributed by atoms with van der Waals surface area (Å²) in [5.74, 6) is 0.375. The first-order valence-electron chi connectivity index (χ1n) is 6.53. The zero-order chi connectivity index (χ0) is 15.9. The third-order valence-corrected chi connectivity index (χ3v) is 2.82. The van der Waals surface area contributed by atoms with Crippen LogP contribution in [0.15, 0.2) is 47.5 Å². The second kappa shape index (κ2) is 7.04. The van der Waals surface area contributed by atoms with Crippen LogP contribution in [0.1, 0.15) is 18.1 Å². The number of esters is 1. The highest BCUT2D eigenvalue weighted by molar-refractivity contribution is 5.84. The number of rotatable bonds is 4. The van der Waals surface area contributed by atoms with Gasteiger partial charge in [0.25, 0.3) is 0 Å². The topological polar surface area (TPSA) is 71.7 Å². The summed E-state index contributed by atoms with van der Waals surface area (Å²) in [6.07, 6.45) is 1.62. The molecular formula is C17H14N2O3. The van der Waals surface area contributed by atoms with Crippen LogP contribution in [-0.2, 0) is 4.79 Å². The second-order valence-corrected chi connectivity index (χ2v) is 4.39. The minimum Gasteiger partial charge on any atom is -0.493 e. The molecule has 5 nitrogen and oxygen atoms in total. The molecule has 0 aromatic heterocycles. The van der Waals surface area contributed by atoms with Crippen molar-refractivity contribution in [3.05, 3.63) is 53.6 Å². The first-order chi connectivity index (χ1) is 10.6. The third kappa shape index (κ3) is 3.70. The van der Waals surface area contributed by atoms with Crippen molar-refractivity contribution in [1.82, 2.24) is 0 Å². The van der Waals surface area contributed by atoms with Crippen LogP contribution in [0.25, 0.3) is 0 Å². The summed E-state index contributed by atoms with van der Waals surface area (Å²) in [5.41, 5.74) is 1.86. The Morgan fingerprint density at radius 1 is 1.23 bits per heavy atom. The fraction of sp³-hybridized carbons (Fsp3) is 0.118. The molecule has 0 unspecified atom stereocenters. The molecule has 2 aromatic rings. The van der Waals surface area contributed by atoms with Gasteiger partial charge in [0.05, 0.1) is 18.4 Å². The normalized spacial score (nSPS) is 10.2. The van der Waals surface area contributed by atoms with E-state index >= 15 is 0 Å². The van der Waals surface area contributed by atoms with E-state index in [9.17, 15) is 4.79 Å². The van der Waals surface area contributed by atoms with Gasteiger partial charge in [-0.05, 0) is 35.9 Å². The zero-order valence-corrected chi connectivity index (χ0v) is 12.2. The molecular weight excluding hydrogens is 280 g/mol. The highest BCUT2D eigenvalue weighted by Crippen LogP contribution is 2.28. The number of nitriles is 1. The van der Waals surface area contributed by atoms with Gasteiger partial charge < -0.3 is 9.47 Å². The van der Waals surface area contributed by atoms with Crippen LogP contribution < -0.4 is 9.47 Å². The largest absolute Gasteiger partial charge is 0.493 e. The Bertz CT molecular complexity index is 761. The number of methoxy groups -OCH3 is 1. The summed E-state index contributed by atoms with van der Waals surface area (Å²) in [5, 5.41) is 9.03. The minimum atomic E-state index is -0.414. The lowest BCUT2D eigenvalue weighted by Crippen LogP contribution is -2.03. The average molecular weight is 294 g/mol. The van der Waals surface area contributed by atoms with Crippen LogP contribution in [0.4, 0.5) is 5.69 Å². The van der Waals surface area contributed by atoms with Gasteiger partial charge in [0.15, 0.2) is 11.5 Å². The molecule has 2 rings (SSSR count). The van der Waals surface area contributed by atoms with Crippen LogP contribution >= 0.6 is 0 Å². The Balaban J connectivity index is 2.28. The van der Waals surface area contributed by atoms with Gasteiger partial charge in [-0.25, -0.2) is 0 Å². The smallest absolute Gasteiger partial charge is 0.308 e. The molecule has 0 N–H and O–H groups in total. The summed E-state index contributed by atoms with van der Waals surface area (Å²) in [6, 6.07) is 14.3. The van der Waals surface area contributed by atoms with Crippen LogP contribution in [0, 0.1) is 11.3 Å². The Morgan fingerprint density at radius 3 is 2.68 bits per heavy atom. The molecule has 0 saturated heterocycles. The molecule has 0 saturated carbocycles. The Hall–Kier alpha value is -3.13. The van der Waals surface area contributed by atoms with Crippen molar-refractivity contribution >= 4 is 17.9 Å². The Morgan fingerprint density at radius 2 is 2.00 bits per heavy atom. The monoisotopic (exact) mass is 294 g/mol. The molecule has 0 heterocycles. The van der Waals surface area contributed by atoms with Crippen molar-refractivity contribution in [2.24, 2.45) is 4.99 Å². The molecule has 0 aliphatic heterocycles. The SMILES string of the molecule is COc1cc(C=Nc2ccccc2C#N)ccc1OC(C)=O. The molecule has 0 aliphatic rings. The van der Waals surface area contributed by atoms with E-state index in [4.69, 9.17) is 14.7 Å². The Kier molecular flexibility index (Phi) is 4.89. The van der Waals surface area contributed by atoms with Gasteiger partial charge >= 0.3 is 5.97 Å². The van der Waals surface area contributed by atoms with E-state index in [1.54, 1.807) is 42.6 Å². The van der Waals surface area contributed by atoms with Crippen LogP contribution in [0.3, 0.4) is 0 Å². The Labute approximate surface area is 128 Å². The fourth-order valence-corrected chi connectivity index (χ4v) is 1.83. The van der Waals surface area contributed by atoms with E-state index in [2.05, 4.69) is 11.1 Å². The molecule has 0 atom stereocenters. The molecule has 2 aromatic carbocycles. The van der Waals surface area contributed by atoms with Crippen molar-refractivity contribution in [3.63, 3.8) is 0 Å². The average Bonchev–Trinajstić information content (AvgIpc) is 2.53. The van der Waals surface area contributed by atoms with E-state index in [-0.39, 0.29) is 0 Å². The summed E-state index contributed by atoms with van der Waals surface area (Å²) in [4.78, 5) is 15.3. The van der Waals surface area contributed by atoms with Gasteiger partial charge in [0, 0.05) is 13.1 Å². The van der Waals surface area contributed by atoms with Gasteiger partial charge in [-0.2, -0.15) is 5.26 Å². The van der Waals surface area contributed by atoms with Crippen molar-refractivity contribution in [2.45, 2.75) is 6.92 Å². The molecule has 22 heavy (non-hydrogen) atoms. The van der Waals surface area contributed by atoms with Gasteiger partial charge in [0.2, 0.25) is 0 Å². The number of aliphatic imine (C=N–C) groups is 1. The molecule has 110 valence electrons. The molecule has 0 spiro atoms. The summed E-state index contributed by atoms with van der Waals surface area (Å²) in [6.45, 7) is 1.33. The standard InChI is InChI=1S/C17H14N2O3/c1-12(20)22-16-8-7-13(9-17(16)21-2)11-19-15-6-4-3-5-14(15)10-18/h3-9,11H,1-2H3. The molecule has 0 radical (unpaired) electrons. The lowest BCUT2D eigenvalue weighted by molar-refractivity contribution is -0.132. The molecule has 0 bridgehead atoms. The number of para-hydroxylation sites is 1. The third-order valence-electron chi connectivity index (χ3n) is 2.82. The zero-order valence-electron chi connectivity index (χ0n) is 12.2. The number of ether oxygens (including phenoxy) is 2. The maximum atomic E-state index is 11.0. The first-order valence-corrected chi connectivity index (χ1v) is 6.53. The molecule has 5 heteroatoms. The first kappa shape index (κ1) is 15.3. The van der Waals surface area contributed by atoms with Crippen molar-refractivity contribution in [3.8, 4) is 17.6 Å². The highest BCUT2D eigenvalue weighted by atomic mass is 16.6. The quantitative estimate of drug-likeness (QED) is 0.493. The number of nitrogens with zero attached hydrogens (tertiary/aromatic N) is 2. The minimum absolute atomic E-state index is 0.351. The number of benzene rings is 2. The lowest BCUT2D eigenvalue weighted by Gasteiger charge is -2.08. The summed E-state index contributed by atoms with van der Waals surface area (Å²) in [7, 11) is 1.49. The lowest BCUT2D eigenvalue weighted by atomic mass is 10.2. The van der Waals surface area contributed by atoms with Gasteiger partial charge in [-0.1, -0.05) is 12.1 Å². The fourth-order valence-electron chi connectivity index (χ4n) is 1.83. The van der Waals surface area contributed by atoms with E-state index in [0.717, 1.165) is 5.56 Å². The van der Waals surface area contributed by atoms with Crippen molar-refractivity contribution in [2.75, 3.05) is 7.11 Å². The maximum absolute atomic E-state index is 11.0. The number of carbonyl (C=O) groups is 1. The maximum Gasteiger partial charge on any atom is 0.308 e. The predicted molar refractivity (Wildman–Crippen MR) is 82.7 cm³/mol. The van der Waals surface area contributed by atoms with E-state index < -0.39 is 5.97 Å². The predicted octanol–water partition coefficient (Wildman–Crippen LogP) is 3.24. The van der Waals surface area contributed by atoms with Crippen LogP contribution in [-0.4, -0.2) is 19.3 Å². The van der Waals surface area contributed by atoms with E-state index in [0.29, 0.717) is 22.7 Å². The van der Waals surface area contributed by atoms with Gasteiger partial charge in [-0.15, -0.1) is 0 Å². The van der Waals surface area contributed by atoms with Crippen LogP contribution in [0.5, 0.6) is 11.5 Å². The van der Waals surface area contributed by atoms with Gasteiger partial charge in [-0.3, -0.25) is 9.79 Å². The summed E-state index contributed by atoms with van der Waals surface area (Å²) < 4.78 is 10.2. The van der Waals surface area contributed by atoms with Crippen molar-refractivity contribution < 1.29 is 14.3 Å². The van der Waals surface area contributed by atoms with Crippen LogP contribution in [0.2, 0.25) is 0 Å². The van der Waals surface area contributed by atoms with E-state index in [1.807, 2.05) is 6.07 Å². The number of carbonyl (C=O) groups excluding carboxylic acids is 1. The van der Waals surface area contributed by atoms with Crippen molar-refractivity contribution in [1.29, 1.82) is 5.26 Å². The molecule has 0 aliphatic carbocycles. The number of hydrogen-bond acceptors (Lipinski definition) is 5. The summed E-state index contributed by atoms with van der Waals surface area (Å²) >= 11 is 0. The van der Waals surface area contributed by atoms with Gasteiger partial charge in [0.1, 0.15) is 6.07 Å². The second-order valence-electron chi connectivity index (χ2n) is 4.39. The van der Waals surface area contributed by atoms with E-state index in [1.165, 1.54) is 14.0 Å². The highest BCUT2D eigenvalue weighted by Gasteiger charge is 2.07. The molecule has 0 amide bonds. The molecule has 0 fully saturated rings.